The van der Waals surface area contributed by atoms with Gasteiger partial charge in [0.2, 0.25) is 0 Å². The molecule has 0 spiro atoms. The summed E-state index contributed by atoms with van der Waals surface area (Å²) in [6.07, 6.45) is 4.12. The molecule has 4 rings (SSSR count). The number of amides is 1. The first-order valence-electron chi connectivity index (χ1n) is 9.95. The number of carbonyl (C=O) groups is 1. The lowest BCUT2D eigenvalue weighted by Gasteiger charge is -2.27. The van der Waals surface area contributed by atoms with E-state index >= 15 is 0 Å². The standard InChI is InChI=1S/C22H24F2N2O3/c23-22(24)29-20-11-4-2-9-18(20)26-13-12-15(14-26)25-21(27)17-8-1-3-10-19(17)28-16-6-5-7-16/h1-4,8-11,15-16,22H,5-7,12-14H2,(H,25,27). The van der Waals surface area contributed by atoms with Crippen molar-refractivity contribution in [3.63, 3.8) is 0 Å². The highest BCUT2D eigenvalue weighted by Gasteiger charge is 2.28. The smallest absolute Gasteiger partial charge is 0.387 e. The zero-order valence-corrected chi connectivity index (χ0v) is 16.0. The summed E-state index contributed by atoms with van der Waals surface area (Å²) in [6, 6.07) is 13.9. The average molecular weight is 402 g/mol. The molecular weight excluding hydrogens is 378 g/mol. The van der Waals surface area contributed by atoms with Crippen molar-refractivity contribution in [2.24, 2.45) is 0 Å². The quantitative estimate of drug-likeness (QED) is 0.753. The van der Waals surface area contributed by atoms with E-state index in [1.54, 1.807) is 24.3 Å². The second-order valence-electron chi connectivity index (χ2n) is 7.42. The lowest BCUT2D eigenvalue weighted by molar-refractivity contribution is -0.0495. The maximum absolute atomic E-state index is 12.8. The van der Waals surface area contributed by atoms with Crippen LogP contribution >= 0.6 is 0 Å². The van der Waals surface area contributed by atoms with Crippen LogP contribution in [-0.4, -0.2) is 37.8 Å². The van der Waals surface area contributed by atoms with Crippen LogP contribution in [0.5, 0.6) is 11.5 Å². The summed E-state index contributed by atoms with van der Waals surface area (Å²) in [5, 5.41) is 3.06. The molecule has 1 saturated carbocycles. The number of rotatable bonds is 7. The number of benzene rings is 2. The lowest BCUT2D eigenvalue weighted by atomic mass is 9.96. The number of halogens is 2. The Morgan fingerprint density at radius 3 is 2.48 bits per heavy atom. The summed E-state index contributed by atoms with van der Waals surface area (Å²) in [6.45, 7) is -1.70. The van der Waals surface area contributed by atoms with Crippen molar-refractivity contribution >= 4 is 11.6 Å². The molecule has 1 saturated heterocycles. The highest BCUT2D eigenvalue weighted by atomic mass is 19.3. The van der Waals surface area contributed by atoms with Crippen LogP contribution in [0, 0.1) is 0 Å². The molecule has 0 aromatic heterocycles. The molecule has 1 N–H and O–H groups in total. The van der Waals surface area contributed by atoms with E-state index in [0.29, 0.717) is 30.1 Å². The van der Waals surface area contributed by atoms with E-state index in [-0.39, 0.29) is 23.8 Å². The third-order valence-electron chi connectivity index (χ3n) is 5.42. The predicted molar refractivity (Wildman–Crippen MR) is 106 cm³/mol. The van der Waals surface area contributed by atoms with Gasteiger partial charge in [0.05, 0.1) is 17.4 Å². The van der Waals surface area contributed by atoms with Crippen LogP contribution in [0.25, 0.3) is 0 Å². The number of ether oxygens (including phenoxy) is 2. The molecule has 5 nitrogen and oxygen atoms in total. The van der Waals surface area contributed by atoms with Crippen molar-refractivity contribution in [2.45, 2.75) is 44.4 Å². The summed E-state index contributed by atoms with van der Waals surface area (Å²) in [5.41, 5.74) is 1.14. The molecule has 1 aliphatic heterocycles. The third kappa shape index (κ3) is 4.60. The van der Waals surface area contributed by atoms with E-state index in [2.05, 4.69) is 10.1 Å². The molecule has 1 heterocycles. The average Bonchev–Trinajstić information content (AvgIpc) is 3.13. The Morgan fingerprint density at radius 2 is 1.76 bits per heavy atom. The molecule has 1 aliphatic carbocycles. The van der Waals surface area contributed by atoms with E-state index in [1.165, 1.54) is 6.07 Å². The number of carbonyl (C=O) groups excluding carboxylic acids is 1. The number of hydrogen-bond acceptors (Lipinski definition) is 4. The van der Waals surface area contributed by atoms with Crippen molar-refractivity contribution in [2.75, 3.05) is 18.0 Å². The van der Waals surface area contributed by atoms with Crippen LogP contribution in [0.3, 0.4) is 0 Å². The Hall–Kier alpha value is -2.83. The molecule has 1 unspecified atom stereocenters. The summed E-state index contributed by atoms with van der Waals surface area (Å²) in [7, 11) is 0. The first-order valence-corrected chi connectivity index (χ1v) is 9.95. The van der Waals surface area contributed by atoms with Crippen molar-refractivity contribution in [1.82, 2.24) is 5.32 Å². The first-order chi connectivity index (χ1) is 14.1. The summed E-state index contributed by atoms with van der Waals surface area (Å²) >= 11 is 0. The maximum Gasteiger partial charge on any atom is 0.387 e. The van der Waals surface area contributed by atoms with Crippen LogP contribution in [0.4, 0.5) is 14.5 Å². The molecule has 1 atom stereocenters. The molecule has 154 valence electrons. The number of alkyl halides is 2. The summed E-state index contributed by atoms with van der Waals surface area (Å²) in [4.78, 5) is 14.8. The van der Waals surface area contributed by atoms with Crippen molar-refractivity contribution in [1.29, 1.82) is 0 Å². The van der Waals surface area contributed by atoms with Crippen LogP contribution in [-0.2, 0) is 0 Å². The number of nitrogens with zero attached hydrogens (tertiary/aromatic N) is 1. The number of anilines is 1. The SMILES string of the molecule is O=C(NC1CCN(c2ccccc2OC(F)F)C1)c1ccccc1OC1CCC1. The Kier molecular flexibility index (Phi) is 5.83. The molecule has 1 amide bonds. The summed E-state index contributed by atoms with van der Waals surface area (Å²) < 4.78 is 35.9. The highest BCUT2D eigenvalue weighted by Crippen LogP contribution is 2.32. The van der Waals surface area contributed by atoms with Gasteiger partial charge in [0.1, 0.15) is 11.5 Å². The topological polar surface area (TPSA) is 50.8 Å². The fourth-order valence-electron chi connectivity index (χ4n) is 3.70. The molecule has 2 aliphatic rings. The van der Waals surface area contributed by atoms with Gasteiger partial charge in [-0.1, -0.05) is 24.3 Å². The van der Waals surface area contributed by atoms with E-state index in [0.717, 1.165) is 25.7 Å². The molecule has 7 heteroatoms. The number of hydrogen-bond donors (Lipinski definition) is 1. The fraction of sp³-hybridized carbons (Fsp3) is 0.409. The van der Waals surface area contributed by atoms with E-state index in [4.69, 9.17) is 4.74 Å². The minimum Gasteiger partial charge on any atom is -0.490 e. The molecule has 0 radical (unpaired) electrons. The lowest BCUT2D eigenvalue weighted by Crippen LogP contribution is -2.37. The van der Waals surface area contributed by atoms with Gasteiger partial charge >= 0.3 is 6.61 Å². The minimum atomic E-state index is -2.87. The Labute approximate surface area is 168 Å². The maximum atomic E-state index is 12.8. The molecule has 29 heavy (non-hydrogen) atoms. The van der Waals surface area contributed by atoms with Crippen molar-refractivity contribution in [3.05, 3.63) is 54.1 Å². The van der Waals surface area contributed by atoms with Crippen LogP contribution < -0.4 is 19.7 Å². The van der Waals surface area contributed by atoms with Crippen molar-refractivity contribution < 1.29 is 23.0 Å². The van der Waals surface area contributed by atoms with Gasteiger partial charge in [0, 0.05) is 19.1 Å². The normalized spacial score (nSPS) is 19.1. The minimum absolute atomic E-state index is 0.0844. The summed E-state index contributed by atoms with van der Waals surface area (Å²) in [5.74, 6) is 0.581. The molecule has 2 aromatic carbocycles. The van der Waals surface area contributed by atoms with Gasteiger partial charge in [-0.3, -0.25) is 4.79 Å². The molecule has 2 aromatic rings. The van der Waals surface area contributed by atoms with Gasteiger partial charge in [-0.05, 0) is 49.9 Å². The van der Waals surface area contributed by atoms with Gasteiger partial charge in [-0.25, -0.2) is 0 Å². The van der Waals surface area contributed by atoms with E-state index in [1.807, 2.05) is 23.1 Å². The third-order valence-corrected chi connectivity index (χ3v) is 5.42. The second kappa shape index (κ2) is 8.68. The van der Waals surface area contributed by atoms with Crippen LogP contribution in [0.15, 0.2) is 48.5 Å². The highest BCUT2D eigenvalue weighted by molar-refractivity contribution is 5.97. The number of nitrogens with one attached hydrogen (secondary N) is 1. The Balaban J connectivity index is 1.40. The van der Waals surface area contributed by atoms with Crippen LogP contribution in [0.2, 0.25) is 0 Å². The van der Waals surface area contributed by atoms with E-state index < -0.39 is 6.61 Å². The fourth-order valence-corrected chi connectivity index (χ4v) is 3.70. The largest absolute Gasteiger partial charge is 0.490 e. The monoisotopic (exact) mass is 402 g/mol. The predicted octanol–water partition coefficient (Wildman–Crippen LogP) is 4.23. The van der Waals surface area contributed by atoms with Crippen LogP contribution in [0.1, 0.15) is 36.0 Å². The van der Waals surface area contributed by atoms with Gasteiger partial charge in [0.15, 0.2) is 0 Å². The van der Waals surface area contributed by atoms with Crippen molar-refractivity contribution in [3.8, 4) is 11.5 Å². The molecule has 2 fully saturated rings. The molecular formula is C22H24F2N2O3. The van der Waals surface area contributed by atoms with E-state index in [9.17, 15) is 13.6 Å². The zero-order chi connectivity index (χ0) is 20.2. The Morgan fingerprint density at radius 1 is 1.03 bits per heavy atom. The zero-order valence-electron chi connectivity index (χ0n) is 16.0. The van der Waals surface area contributed by atoms with Gasteiger partial charge in [0.25, 0.3) is 5.91 Å². The second-order valence-corrected chi connectivity index (χ2v) is 7.42. The van der Waals surface area contributed by atoms with Gasteiger partial charge in [-0.15, -0.1) is 0 Å². The molecule has 0 bridgehead atoms. The van der Waals surface area contributed by atoms with Gasteiger partial charge < -0.3 is 19.7 Å². The number of para-hydroxylation sites is 3. The van der Waals surface area contributed by atoms with Gasteiger partial charge in [-0.2, -0.15) is 8.78 Å². The Bertz CT molecular complexity index is 857. The first kappa shape index (κ1) is 19.5.